The topological polar surface area (TPSA) is 26.3 Å². The fourth-order valence-corrected chi connectivity index (χ4v) is 1.26. The van der Waals surface area contributed by atoms with Crippen LogP contribution in [0.1, 0.15) is 19.4 Å². The van der Waals surface area contributed by atoms with Crippen molar-refractivity contribution in [3.05, 3.63) is 35.9 Å². The average molecular weight is 318 g/mol. The van der Waals surface area contributed by atoms with Crippen molar-refractivity contribution >= 4 is 28.6 Å². The molecule has 0 aliphatic carbocycles. The number of hydrogen-bond donors (Lipinski definition) is 0. The van der Waals surface area contributed by atoms with Gasteiger partial charge in [-0.25, -0.2) is 0 Å². The number of alkyl halides is 1. The quantitative estimate of drug-likeness (QED) is 0.484. The van der Waals surface area contributed by atoms with E-state index in [0.717, 1.165) is 5.56 Å². The molecule has 82 valence electrons. The summed E-state index contributed by atoms with van der Waals surface area (Å²) in [5, 5.41) is 0. The monoisotopic (exact) mass is 318 g/mol. The van der Waals surface area contributed by atoms with Crippen LogP contribution in [-0.4, -0.2) is 9.89 Å². The number of halogens is 1. The first-order valence-electron chi connectivity index (χ1n) is 4.96. The second-order valence-corrected chi connectivity index (χ2v) is 5.08. The molecule has 0 heterocycles. The summed E-state index contributed by atoms with van der Waals surface area (Å²) in [6, 6.07) is 9.72. The standard InChI is InChI=1S/C12H15IO2/c1-9(2)11(13)12(14)15-8-10-6-4-3-5-7-10/h3-7,9,11H,8H2,1-2H3. The van der Waals surface area contributed by atoms with Gasteiger partial charge < -0.3 is 4.74 Å². The molecule has 0 saturated heterocycles. The van der Waals surface area contributed by atoms with Gasteiger partial charge in [-0.1, -0.05) is 66.8 Å². The first-order chi connectivity index (χ1) is 7.11. The van der Waals surface area contributed by atoms with Crippen LogP contribution in [0.15, 0.2) is 30.3 Å². The molecule has 0 N–H and O–H groups in total. The Hall–Kier alpha value is -0.580. The van der Waals surface area contributed by atoms with Gasteiger partial charge in [0.05, 0.1) is 0 Å². The minimum Gasteiger partial charge on any atom is -0.460 e. The molecule has 0 aliphatic rings. The van der Waals surface area contributed by atoms with Crippen LogP contribution in [0.25, 0.3) is 0 Å². The van der Waals surface area contributed by atoms with Crippen LogP contribution in [0.5, 0.6) is 0 Å². The van der Waals surface area contributed by atoms with Crippen molar-refractivity contribution in [2.45, 2.75) is 24.4 Å². The molecule has 1 rings (SSSR count). The Morgan fingerprint density at radius 3 is 2.47 bits per heavy atom. The van der Waals surface area contributed by atoms with Crippen molar-refractivity contribution in [3.8, 4) is 0 Å². The lowest BCUT2D eigenvalue weighted by atomic mass is 10.1. The molecule has 2 nitrogen and oxygen atoms in total. The SMILES string of the molecule is CC(C)C(I)C(=O)OCc1ccccc1. The van der Waals surface area contributed by atoms with E-state index in [0.29, 0.717) is 12.5 Å². The van der Waals surface area contributed by atoms with Crippen LogP contribution >= 0.6 is 22.6 Å². The van der Waals surface area contributed by atoms with Gasteiger partial charge in [-0.3, -0.25) is 4.79 Å². The minimum atomic E-state index is -0.130. The largest absolute Gasteiger partial charge is 0.460 e. The second kappa shape index (κ2) is 6.10. The summed E-state index contributed by atoms with van der Waals surface area (Å²) in [5.41, 5.74) is 1.03. The Morgan fingerprint density at radius 1 is 1.33 bits per heavy atom. The summed E-state index contributed by atoms with van der Waals surface area (Å²) in [6.07, 6.45) is 0. The van der Waals surface area contributed by atoms with E-state index in [2.05, 4.69) is 22.6 Å². The highest BCUT2D eigenvalue weighted by Gasteiger charge is 2.19. The van der Waals surface area contributed by atoms with Gasteiger partial charge >= 0.3 is 5.97 Å². The van der Waals surface area contributed by atoms with Gasteiger partial charge in [0.1, 0.15) is 10.5 Å². The molecule has 0 bridgehead atoms. The Bertz CT molecular complexity index is 309. The fraction of sp³-hybridized carbons (Fsp3) is 0.417. The Morgan fingerprint density at radius 2 is 1.93 bits per heavy atom. The summed E-state index contributed by atoms with van der Waals surface area (Å²) in [5.74, 6) is 0.184. The van der Waals surface area contributed by atoms with Crippen molar-refractivity contribution in [1.29, 1.82) is 0 Å². The van der Waals surface area contributed by atoms with Gasteiger partial charge in [0, 0.05) is 0 Å². The number of benzene rings is 1. The van der Waals surface area contributed by atoms with Gasteiger partial charge in [-0.05, 0) is 11.5 Å². The summed E-state index contributed by atoms with van der Waals surface area (Å²) in [6.45, 7) is 4.40. The average Bonchev–Trinajstić information content (AvgIpc) is 2.26. The lowest BCUT2D eigenvalue weighted by molar-refractivity contribution is -0.144. The van der Waals surface area contributed by atoms with E-state index in [1.807, 2.05) is 44.2 Å². The Labute approximate surface area is 104 Å². The van der Waals surface area contributed by atoms with Gasteiger partial charge in [0.25, 0.3) is 0 Å². The zero-order valence-electron chi connectivity index (χ0n) is 8.94. The van der Waals surface area contributed by atoms with Crippen LogP contribution in [-0.2, 0) is 16.1 Å². The van der Waals surface area contributed by atoms with Crippen molar-refractivity contribution in [2.24, 2.45) is 5.92 Å². The van der Waals surface area contributed by atoms with Crippen molar-refractivity contribution in [2.75, 3.05) is 0 Å². The van der Waals surface area contributed by atoms with E-state index in [4.69, 9.17) is 4.74 Å². The summed E-state index contributed by atoms with van der Waals surface area (Å²) in [4.78, 5) is 11.5. The number of esters is 1. The molecule has 0 aliphatic heterocycles. The van der Waals surface area contributed by atoms with Crippen LogP contribution < -0.4 is 0 Å². The summed E-state index contributed by atoms with van der Waals surface area (Å²) in [7, 11) is 0. The van der Waals surface area contributed by atoms with E-state index in [-0.39, 0.29) is 9.89 Å². The maximum atomic E-state index is 11.5. The highest BCUT2D eigenvalue weighted by Crippen LogP contribution is 2.15. The smallest absolute Gasteiger partial charge is 0.319 e. The minimum absolute atomic E-state index is 0.0636. The molecule has 1 unspecified atom stereocenters. The molecule has 3 heteroatoms. The molecule has 15 heavy (non-hydrogen) atoms. The molecule has 0 aromatic heterocycles. The maximum absolute atomic E-state index is 11.5. The zero-order valence-corrected chi connectivity index (χ0v) is 11.1. The van der Waals surface area contributed by atoms with Crippen molar-refractivity contribution in [1.82, 2.24) is 0 Å². The number of ether oxygens (including phenoxy) is 1. The predicted molar refractivity (Wildman–Crippen MR) is 68.9 cm³/mol. The molecule has 1 aromatic rings. The van der Waals surface area contributed by atoms with E-state index in [1.54, 1.807) is 0 Å². The first kappa shape index (κ1) is 12.5. The van der Waals surface area contributed by atoms with E-state index in [9.17, 15) is 4.79 Å². The third-order valence-corrected chi connectivity index (χ3v) is 3.98. The van der Waals surface area contributed by atoms with Crippen molar-refractivity contribution < 1.29 is 9.53 Å². The lowest BCUT2D eigenvalue weighted by Gasteiger charge is -2.12. The molecular formula is C12H15IO2. The molecule has 1 atom stereocenters. The zero-order chi connectivity index (χ0) is 11.3. The molecule has 0 saturated carbocycles. The number of carbonyl (C=O) groups is 1. The third kappa shape index (κ3) is 4.20. The molecule has 0 radical (unpaired) electrons. The second-order valence-electron chi connectivity index (χ2n) is 3.74. The summed E-state index contributed by atoms with van der Waals surface area (Å²) < 4.78 is 5.14. The van der Waals surface area contributed by atoms with E-state index in [1.165, 1.54) is 0 Å². The van der Waals surface area contributed by atoms with Crippen LogP contribution in [0.4, 0.5) is 0 Å². The first-order valence-corrected chi connectivity index (χ1v) is 6.20. The number of hydrogen-bond acceptors (Lipinski definition) is 2. The fourth-order valence-electron chi connectivity index (χ4n) is 1.08. The van der Waals surface area contributed by atoms with E-state index < -0.39 is 0 Å². The van der Waals surface area contributed by atoms with Gasteiger partial charge in [-0.2, -0.15) is 0 Å². The number of rotatable bonds is 4. The molecule has 0 amide bonds. The lowest BCUT2D eigenvalue weighted by Crippen LogP contribution is -2.22. The number of carbonyl (C=O) groups excluding carboxylic acids is 1. The van der Waals surface area contributed by atoms with Gasteiger partial charge in [0.15, 0.2) is 0 Å². The molecule has 0 fully saturated rings. The highest BCUT2D eigenvalue weighted by molar-refractivity contribution is 14.1. The Balaban J connectivity index is 2.41. The predicted octanol–water partition coefficient (Wildman–Crippen LogP) is 3.19. The van der Waals surface area contributed by atoms with Crippen molar-refractivity contribution in [3.63, 3.8) is 0 Å². The highest BCUT2D eigenvalue weighted by atomic mass is 127. The van der Waals surface area contributed by atoms with Crippen LogP contribution in [0.2, 0.25) is 0 Å². The van der Waals surface area contributed by atoms with Gasteiger partial charge in [-0.15, -0.1) is 0 Å². The third-order valence-electron chi connectivity index (χ3n) is 2.03. The molecule has 0 spiro atoms. The molecule has 1 aromatic carbocycles. The van der Waals surface area contributed by atoms with Crippen LogP contribution in [0.3, 0.4) is 0 Å². The summed E-state index contributed by atoms with van der Waals surface area (Å²) >= 11 is 2.13. The normalized spacial score (nSPS) is 12.5. The van der Waals surface area contributed by atoms with Gasteiger partial charge in [0.2, 0.25) is 0 Å². The molecular weight excluding hydrogens is 303 g/mol. The maximum Gasteiger partial charge on any atom is 0.319 e. The van der Waals surface area contributed by atoms with E-state index >= 15 is 0 Å². The Kier molecular flexibility index (Phi) is 5.08. The van der Waals surface area contributed by atoms with Crippen LogP contribution in [0, 0.1) is 5.92 Å².